The Morgan fingerprint density at radius 2 is 1.96 bits per heavy atom. The van der Waals surface area contributed by atoms with Crippen LogP contribution < -0.4 is 0 Å². The summed E-state index contributed by atoms with van der Waals surface area (Å²) in [7, 11) is 0. The fourth-order valence-electron chi connectivity index (χ4n) is 4.12. The molecule has 5 heteroatoms. The molecule has 138 valence electrons. The van der Waals surface area contributed by atoms with Gasteiger partial charge in [-0.05, 0) is 42.8 Å². The fourth-order valence-corrected chi connectivity index (χ4v) is 4.86. The van der Waals surface area contributed by atoms with Crippen molar-refractivity contribution < 1.29 is 9.53 Å². The number of hydrogen-bond donors (Lipinski definition) is 0. The van der Waals surface area contributed by atoms with E-state index < -0.39 is 0 Å². The Bertz CT molecular complexity index is 719. The van der Waals surface area contributed by atoms with Gasteiger partial charge in [0.2, 0.25) is 0 Å². The van der Waals surface area contributed by atoms with Crippen LogP contribution in [0.25, 0.3) is 0 Å². The normalized spacial score (nSPS) is 24.5. The van der Waals surface area contributed by atoms with Gasteiger partial charge in [0.1, 0.15) is 0 Å². The monoisotopic (exact) mass is 370 g/mol. The molecule has 0 saturated carbocycles. The summed E-state index contributed by atoms with van der Waals surface area (Å²) in [6.45, 7) is 5.36. The first kappa shape index (κ1) is 17.7. The molecule has 2 saturated heterocycles. The molecule has 3 heterocycles. The van der Waals surface area contributed by atoms with Crippen molar-refractivity contribution in [1.82, 2.24) is 9.80 Å². The molecule has 2 aliphatic rings. The third kappa shape index (κ3) is 4.00. The van der Waals surface area contributed by atoms with Crippen LogP contribution in [0.1, 0.15) is 34.5 Å². The van der Waals surface area contributed by atoms with E-state index in [-0.39, 0.29) is 11.5 Å². The maximum Gasteiger partial charge on any atom is 0.253 e. The minimum atomic E-state index is -0.0960. The molecule has 1 spiro atoms. The Kier molecular flexibility index (Phi) is 5.38. The van der Waals surface area contributed by atoms with Gasteiger partial charge in [-0.25, -0.2) is 0 Å². The van der Waals surface area contributed by atoms with Crippen LogP contribution in [0.4, 0.5) is 0 Å². The average Bonchev–Trinajstić information content (AvgIpc) is 3.10. The summed E-state index contributed by atoms with van der Waals surface area (Å²) in [5, 5.41) is 2.14. The molecule has 2 aliphatic heterocycles. The van der Waals surface area contributed by atoms with Gasteiger partial charge >= 0.3 is 0 Å². The minimum Gasteiger partial charge on any atom is -0.372 e. The molecule has 0 bridgehead atoms. The lowest BCUT2D eigenvalue weighted by atomic mass is 9.92. The summed E-state index contributed by atoms with van der Waals surface area (Å²) < 4.78 is 6.29. The van der Waals surface area contributed by atoms with Crippen molar-refractivity contribution in [2.75, 3.05) is 32.8 Å². The predicted octanol–water partition coefficient (Wildman–Crippen LogP) is 3.65. The lowest BCUT2D eigenvalue weighted by Gasteiger charge is -2.42. The van der Waals surface area contributed by atoms with E-state index in [1.807, 2.05) is 46.6 Å². The third-order valence-electron chi connectivity index (χ3n) is 5.49. The zero-order chi connectivity index (χ0) is 17.8. The van der Waals surface area contributed by atoms with Gasteiger partial charge in [0.25, 0.3) is 5.91 Å². The smallest absolute Gasteiger partial charge is 0.253 e. The highest BCUT2D eigenvalue weighted by Gasteiger charge is 2.38. The van der Waals surface area contributed by atoms with Crippen molar-refractivity contribution in [2.24, 2.45) is 0 Å². The fraction of sp³-hybridized carbons (Fsp3) is 0.476. The number of carbonyl (C=O) groups is 1. The van der Waals surface area contributed by atoms with E-state index >= 15 is 0 Å². The highest BCUT2D eigenvalue weighted by molar-refractivity contribution is 7.09. The SMILES string of the molecule is O=C(c1ccccc1)N1CCC[C@@]2(CC1)CN(Cc1cccs1)CCO2. The number of amides is 1. The van der Waals surface area contributed by atoms with Crippen molar-refractivity contribution in [3.63, 3.8) is 0 Å². The molecule has 4 nitrogen and oxygen atoms in total. The largest absolute Gasteiger partial charge is 0.372 e. The van der Waals surface area contributed by atoms with Crippen molar-refractivity contribution in [2.45, 2.75) is 31.4 Å². The van der Waals surface area contributed by atoms with Crippen LogP contribution >= 0.6 is 11.3 Å². The van der Waals surface area contributed by atoms with Crippen LogP contribution in [0.3, 0.4) is 0 Å². The number of likely N-dealkylation sites (tertiary alicyclic amines) is 1. The first-order valence-corrected chi connectivity index (χ1v) is 10.4. The summed E-state index contributed by atoms with van der Waals surface area (Å²) >= 11 is 1.82. The topological polar surface area (TPSA) is 32.8 Å². The van der Waals surface area contributed by atoms with Crippen molar-refractivity contribution in [1.29, 1.82) is 0 Å². The van der Waals surface area contributed by atoms with Crippen LogP contribution in [0.15, 0.2) is 47.8 Å². The van der Waals surface area contributed by atoms with E-state index in [0.29, 0.717) is 0 Å². The first-order valence-electron chi connectivity index (χ1n) is 9.47. The molecule has 0 unspecified atom stereocenters. The first-order chi connectivity index (χ1) is 12.7. The molecule has 1 atom stereocenters. The van der Waals surface area contributed by atoms with Crippen LogP contribution in [-0.4, -0.2) is 54.1 Å². The Balaban J connectivity index is 1.40. The molecule has 0 radical (unpaired) electrons. The molecule has 0 aliphatic carbocycles. The van der Waals surface area contributed by atoms with Gasteiger partial charge in [-0.15, -0.1) is 11.3 Å². The molecule has 1 aromatic carbocycles. The molecule has 0 N–H and O–H groups in total. The molecule has 1 amide bonds. The lowest BCUT2D eigenvalue weighted by Crippen LogP contribution is -2.51. The summed E-state index contributed by atoms with van der Waals surface area (Å²) in [5.41, 5.74) is 0.689. The second-order valence-electron chi connectivity index (χ2n) is 7.33. The van der Waals surface area contributed by atoms with E-state index in [1.54, 1.807) is 0 Å². The van der Waals surface area contributed by atoms with Crippen LogP contribution in [-0.2, 0) is 11.3 Å². The highest BCUT2D eigenvalue weighted by atomic mass is 32.1. The Morgan fingerprint density at radius 3 is 2.77 bits per heavy atom. The van der Waals surface area contributed by atoms with E-state index in [4.69, 9.17) is 4.74 Å². The summed E-state index contributed by atoms with van der Waals surface area (Å²) in [6, 6.07) is 13.9. The number of rotatable bonds is 3. The van der Waals surface area contributed by atoms with Crippen LogP contribution in [0, 0.1) is 0 Å². The molecular weight excluding hydrogens is 344 g/mol. The average molecular weight is 371 g/mol. The summed E-state index contributed by atoms with van der Waals surface area (Å²) in [6.07, 6.45) is 2.96. The number of benzene rings is 1. The quantitative estimate of drug-likeness (QED) is 0.827. The Hall–Kier alpha value is -1.69. The summed E-state index contributed by atoms with van der Waals surface area (Å²) in [5.74, 6) is 0.147. The number of thiophene rings is 1. The molecule has 1 aromatic heterocycles. The lowest BCUT2D eigenvalue weighted by molar-refractivity contribution is -0.117. The van der Waals surface area contributed by atoms with Gasteiger partial charge < -0.3 is 9.64 Å². The van der Waals surface area contributed by atoms with Gasteiger partial charge in [-0.1, -0.05) is 24.3 Å². The van der Waals surface area contributed by atoms with Gasteiger partial charge in [0.15, 0.2) is 0 Å². The van der Waals surface area contributed by atoms with E-state index in [2.05, 4.69) is 22.4 Å². The second-order valence-corrected chi connectivity index (χ2v) is 8.37. The Morgan fingerprint density at radius 1 is 1.08 bits per heavy atom. The molecule has 4 rings (SSSR count). The third-order valence-corrected chi connectivity index (χ3v) is 6.35. The van der Waals surface area contributed by atoms with Crippen LogP contribution in [0.5, 0.6) is 0 Å². The predicted molar refractivity (Wildman–Crippen MR) is 104 cm³/mol. The zero-order valence-electron chi connectivity index (χ0n) is 15.1. The standard InChI is InChI=1S/C21H26N2O2S/c24-20(18-6-2-1-3-7-18)23-11-5-9-21(10-12-23)17-22(13-14-25-21)16-19-8-4-15-26-19/h1-4,6-8,15H,5,9-14,16-17H2/t21-/m1/s1. The van der Waals surface area contributed by atoms with Gasteiger partial charge in [-0.2, -0.15) is 0 Å². The van der Waals surface area contributed by atoms with Gasteiger partial charge in [0.05, 0.1) is 12.2 Å². The van der Waals surface area contributed by atoms with E-state index in [1.165, 1.54) is 4.88 Å². The number of carbonyl (C=O) groups excluding carboxylic acids is 1. The summed E-state index contributed by atoms with van der Waals surface area (Å²) in [4.78, 5) is 18.7. The Labute approximate surface area is 159 Å². The number of hydrogen-bond acceptors (Lipinski definition) is 4. The maximum absolute atomic E-state index is 12.8. The molecule has 2 fully saturated rings. The maximum atomic E-state index is 12.8. The van der Waals surface area contributed by atoms with E-state index in [0.717, 1.165) is 64.2 Å². The van der Waals surface area contributed by atoms with Crippen molar-refractivity contribution in [3.8, 4) is 0 Å². The number of ether oxygens (including phenoxy) is 1. The molecular formula is C21H26N2O2S. The van der Waals surface area contributed by atoms with Crippen molar-refractivity contribution in [3.05, 3.63) is 58.3 Å². The minimum absolute atomic E-state index is 0.0960. The second kappa shape index (κ2) is 7.91. The van der Waals surface area contributed by atoms with Crippen molar-refractivity contribution >= 4 is 17.2 Å². The highest BCUT2D eigenvalue weighted by Crippen LogP contribution is 2.31. The number of morpholine rings is 1. The van der Waals surface area contributed by atoms with Crippen LogP contribution in [0.2, 0.25) is 0 Å². The molecule has 26 heavy (non-hydrogen) atoms. The number of nitrogens with zero attached hydrogens (tertiary/aromatic N) is 2. The molecule has 2 aromatic rings. The van der Waals surface area contributed by atoms with Gasteiger partial charge in [0, 0.05) is 43.2 Å². The zero-order valence-corrected chi connectivity index (χ0v) is 15.9. The van der Waals surface area contributed by atoms with E-state index in [9.17, 15) is 4.79 Å². The van der Waals surface area contributed by atoms with Gasteiger partial charge in [-0.3, -0.25) is 9.69 Å².